The van der Waals surface area contributed by atoms with Gasteiger partial charge in [0.15, 0.2) is 0 Å². The van der Waals surface area contributed by atoms with Gasteiger partial charge < -0.3 is 9.84 Å². The van der Waals surface area contributed by atoms with Crippen LogP contribution in [0.15, 0.2) is 52.3 Å². The molecule has 2 aromatic rings. The zero-order valence-corrected chi connectivity index (χ0v) is 11.6. The summed E-state index contributed by atoms with van der Waals surface area (Å²) in [5.74, 6) is 0.395. The van der Waals surface area contributed by atoms with E-state index < -0.39 is 6.10 Å². The average Bonchev–Trinajstić information content (AvgIpc) is 2.41. The normalized spacial score (nSPS) is 12.2. The molecule has 0 amide bonds. The number of hydrogen-bond donors (Lipinski definition) is 1. The summed E-state index contributed by atoms with van der Waals surface area (Å²) in [5, 5.41) is 9.70. The molecule has 0 saturated heterocycles. The lowest BCUT2D eigenvalue weighted by atomic mass is 10.1. The molecule has 1 N–H and O–H groups in total. The van der Waals surface area contributed by atoms with Crippen LogP contribution in [0.25, 0.3) is 0 Å². The molecule has 2 aromatic carbocycles. The molecule has 0 spiro atoms. The van der Waals surface area contributed by atoms with Crippen molar-refractivity contribution in [2.75, 3.05) is 7.11 Å². The molecule has 0 aliphatic carbocycles. The van der Waals surface area contributed by atoms with Crippen LogP contribution in [0.3, 0.4) is 0 Å². The number of hydrogen-bond acceptors (Lipinski definition) is 3. The zero-order valence-electron chi connectivity index (χ0n) is 10.8. The monoisotopic (exact) mass is 278 g/mol. The lowest BCUT2D eigenvalue weighted by molar-refractivity contribution is 0.195. The molecule has 0 aromatic heterocycles. The van der Waals surface area contributed by atoms with Gasteiger partial charge in [0.25, 0.3) is 0 Å². The summed E-state index contributed by atoms with van der Waals surface area (Å²) in [5.41, 5.74) is 0.591. The van der Waals surface area contributed by atoms with Crippen molar-refractivity contribution in [3.8, 4) is 5.75 Å². The maximum Gasteiger partial charge on any atom is 0.137 e. The molecule has 0 saturated carbocycles. The summed E-state index contributed by atoms with van der Waals surface area (Å²) in [6.45, 7) is 1.63. The Kier molecular flexibility index (Phi) is 4.45. The molecule has 0 aliphatic heterocycles. The number of methoxy groups -OCH3 is 1. The molecular formula is C15H15FO2S. The van der Waals surface area contributed by atoms with E-state index in [9.17, 15) is 9.50 Å². The van der Waals surface area contributed by atoms with Crippen molar-refractivity contribution >= 4 is 11.8 Å². The highest BCUT2D eigenvalue weighted by atomic mass is 32.2. The second-order valence-corrected chi connectivity index (χ2v) is 5.20. The molecule has 0 bridgehead atoms. The molecule has 0 fully saturated rings. The Hall–Kier alpha value is -1.52. The number of aliphatic hydroxyl groups is 1. The second-order valence-electron chi connectivity index (χ2n) is 4.12. The van der Waals surface area contributed by atoms with Crippen molar-refractivity contribution in [3.05, 3.63) is 53.8 Å². The predicted molar refractivity (Wildman–Crippen MR) is 74.2 cm³/mol. The van der Waals surface area contributed by atoms with E-state index in [0.29, 0.717) is 10.5 Å². The maximum atomic E-state index is 13.9. The van der Waals surface area contributed by atoms with E-state index in [2.05, 4.69) is 0 Å². The largest absolute Gasteiger partial charge is 0.497 e. The van der Waals surface area contributed by atoms with E-state index in [1.54, 1.807) is 26.2 Å². The van der Waals surface area contributed by atoms with Gasteiger partial charge in [-0.15, -0.1) is 0 Å². The van der Waals surface area contributed by atoms with Crippen molar-refractivity contribution in [1.82, 2.24) is 0 Å². The molecular weight excluding hydrogens is 263 g/mol. The number of aliphatic hydroxyl groups excluding tert-OH is 1. The maximum absolute atomic E-state index is 13.9. The van der Waals surface area contributed by atoms with Gasteiger partial charge in [-0.1, -0.05) is 30.0 Å². The molecule has 4 heteroatoms. The van der Waals surface area contributed by atoms with Gasteiger partial charge in [-0.3, -0.25) is 0 Å². The quantitative estimate of drug-likeness (QED) is 0.915. The first kappa shape index (κ1) is 13.9. The van der Waals surface area contributed by atoms with E-state index in [1.807, 2.05) is 24.3 Å². The van der Waals surface area contributed by atoms with Crippen molar-refractivity contribution in [2.24, 2.45) is 0 Å². The Labute approximate surface area is 116 Å². The van der Waals surface area contributed by atoms with Crippen molar-refractivity contribution in [1.29, 1.82) is 0 Å². The van der Waals surface area contributed by atoms with Crippen LogP contribution in [0.4, 0.5) is 4.39 Å². The summed E-state index contributed by atoms with van der Waals surface area (Å²) in [6, 6.07) is 12.1. The van der Waals surface area contributed by atoms with Crippen LogP contribution in [-0.2, 0) is 0 Å². The van der Waals surface area contributed by atoms with E-state index in [-0.39, 0.29) is 5.82 Å². The molecule has 2 rings (SSSR count). The smallest absolute Gasteiger partial charge is 0.137 e. The molecule has 0 unspecified atom stereocenters. The third-order valence-corrected chi connectivity index (χ3v) is 3.83. The first-order chi connectivity index (χ1) is 9.11. The van der Waals surface area contributed by atoms with Crippen LogP contribution < -0.4 is 4.74 Å². The fourth-order valence-electron chi connectivity index (χ4n) is 1.74. The Bertz CT molecular complexity index is 570. The van der Waals surface area contributed by atoms with Crippen LogP contribution >= 0.6 is 11.8 Å². The van der Waals surface area contributed by atoms with Gasteiger partial charge in [-0.25, -0.2) is 4.39 Å². The molecule has 0 aliphatic rings. The summed E-state index contributed by atoms with van der Waals surface area (Å²) in [6.07, 6.45) is -0.705. The number of ether oxygens (including phenoxy) is 1. The fourth-order valence-corrected chi connectivity index (χ4v) is 2.82. The number of halogens is 1. The average molecular weight is 278 g/mol. The molecule has 1 atom stereocenters. The molecule has 100 valence electrons. The summed E-state index contributed by atoms with van der Waals surface area (Å²) >= 11 is 1.28. The minimum Gasteiger partial charge on any atom is -0.497 e. The predicted octanol–water partition coefficient (Wildman–Crippen LogP) is 4.04. The van der Waals surface area contributed by atoms with Gasteiger partial charge in [-0.2, -0.15) is 0 Å². The summed E-state index contributed by atoms with van der Waals surface area (Å²) in [7, 11) is 1.59. The lowest BCUT2D eigenvalue weighted by Crippen LogP contribution is -1.96. The molecule has 0 radical (unpaired) electrons. The van der Waals surface area contributed by atoms with E-state index in [4.69, 9.17) is 4.74 Å². The van der Waals surface area contributed by atoms with E-state index in [1.165, 1.54) is 17.8 Å². The molecule has 19 heavy (non-hydrogen) atoms. The Morgan fingerprint density at radius 1 is 1.21 bits per heavy atom. The third kappa shape index (κ3) is 3.28. The van der Waals surface area contributed by atoms with Crippen LogP contribution in [-0.4, -0.2) is 12.2 Å². The van der Waals surface area contributed by atoms with Crippen molar-refractivity contribution in [3.63, 3.8) is 0 Å². The lowest BCUT2D eigenvalue weighted by Gasteiger charge is -2.12. The number of rotatable bonds is 4. The standard InChI is InChI=1S/C15H15FO2S/c1-10(17)13-7-4-8-14(16)15(13)19-12-6-3-5-11(9-12)18-2/h3-10,17H,1-2H3/t10-/m1/s1. The van der Waals surface area contributed by atoms with Crippen LogP contribution in [0.2, 0.25) is 0 Å². The van der Waals surface area contributed by atoms with Crippen LogP contribution in [0.5, 0.6) is 5.75 Å². The van der Waals surface area contributed by atoms with Crippen molar-refractivity contribution in [2.45, 2.75) is 22.8 Å². The minimum atomic E-state index is -0.705. The molecule has 2 nitrogen and oxygen atoms in total. The molecule has 0 heterocycles. The highest BCUT2D eigenvalue weighted by Crippen LogP contribution is 2.36. The van der Waals surface area contributed by atoms with Gasteiger partial charge in [0.05, 0.1) is 18.1 Å². The van der Waals surface area contributed by atoms with Gasteiger partial charge in [0, 0.05) is 4.90 Å². The second kappa shape index (κ2) is 6.08. The number of benzene rings is 2. The van der Waals surface area contributed by atoms with Crippen molar-refractivity contribution < 1.29 is 14.2 Å². The first-order valence-corrected chi connectivity index (χ1v) is 6.72. The highest BCUT2D eigenvalue weighted by molar-refractivity contribution is 7.99. The van der Waals surface area contributed by atoms with Gasteiger partial charge in [0.2, 0.25) is 0 Å². The highest BCUT2D eigenvalue weighted by Gasteiger charge is 2.13. The topological polar surface area (TPSA) is 29.5 Å². The van der Waals surface area contributed by atoms with Gasteiger partial charge in [-0.05, 0) is 36.8 Å². The first-order valence-electron chi connectivity index (χ1n) is 5.90. The van der Waals surface area contributed by atoms with Gasteiger partial charge in [0.1, 0.15) is 11.6 Å². The third-order valence-electron chi connectivity index (χ3n) is 2.71. The minimum absolute atomic E-state index is 0.328. The Morgan fingerprint density at radius 3 is 2.63 bits per heavy atom. The van der Waals surface area contributed by atoms with Crippen LogP contribution in [0.1, 0.15) is 18.6 Å². The summed E-state index contributed by atoms with van der Waals surface area (Å²) < 4.78 is 19.1. The fraction of sp³-hybridized carbons (Fsp3) is 0.200. The van der Waals surface area contributed by atoms with Crippen LogP contribution in [0, 0.1) is 5.82 Å². The Morgan fingerprint density at radius 2 is 1.95 bits per heavy atom. The van der Waals surface area contributed by atoms with E-state index >= 15 is 0 Å². The van der Waals surface area contributed by atoms with E-state index in [0.717, 1.165) is 10.6 Å². The summed E-state index contributed by atoms with van der Waals surface area (Å²) in [4.78, 5) is 1.32. The van der Waals surface area contributed by atoms with Gasteiger partial charge >= 0.3 is 0 Å². The Balaban J connectivity index is 2.37. The zero-order chi connectivity index (χ0) is 13.8. The SMILES string of the molecule is COc1cccc(Sc2c(F)cccc2[C@@H](C)O)c1.